The van der Waals surface area contributed by atoms with Crippen molar-refractivity contribution in [2.24, 2.45) is 71.0 Å². The molecule has 1 nitrogen and oxygen atoms in total. The average Bonchev–Trinajstić information content (AvgIpc) is 3.12. The van der Waals surface area contributed by atoms with Gasteiger partial charge in [0.1, 0.15) is 11.5 Å². The molecule has 1 radical (unpaired) electrons. The van der Waals surface area contributed by atoms with Crippen LogP contribution in [0.15, 0.2) is 30.3 Å². The average molecular weight is 730 g/mol. The molecule has 287 valence electrons. The van der Waals surface area contributed by atoms with E-state index < -0.39 is 0 Å². The minimum atomic E-state index is 0.267. The van der Waals surface area contributed by atoms with E-state index in [4.69, 9.17) is 11.2 Å². The molecule has 16 bridgehead atoms. The summed E-state index contributed by atoms with van der Waals surface area (Å²) in [6.45, 7) is 0. The fraction of sp³-hybridized carbons (Fsp3) is 0.741. The zero-order valence-corrected chi connectivity index (χ0v) is 33.7. The van der Waals surface area contributed by atoms with E-state index >= 15 is 0 Å². The molecule has 0 heterocycles. The van der Waals surface area contributed by atoms with E-state index in [1.54, 1.807) is 0 Å². The van der Waals surface area contributed by atoms with Crippen LogP contribution < -0.4 is 4.74 Å². The molecule has 55 heavy (non-hydrogen) atoms. The van der Waals surface area contributed by atoms with Crippen LogP contribution in [-0.2, 0) is 21.7 Å². The summed E-state index contributed by atoms with van der Waals surface area (Å²) < 4.78 is 7.72. The fourth-order valence-corrected chi connectivity index (χ4v) is 21.2. The van der Waals surface area contributed by atoms with Crippen molar-refractivity contribution in [1.29, 1.82) is 0 Å². The van der Waals surface area contributed by atoms with Gasteiger partial charge in [0.05, 0.1) is 5.56 Å². The van der Waals surface area contributed by atoms with Crippen molar-refractivity contribution in [3.05, 3.63) is 64.6 Å². The Balaban J connectivity index is 1.11. The van der Waals surface area contributed by atoms with Gasteiger partial charge in [-0.05, 0) is 289 Å². The summed E-state index contributed by atoms with van der Waals surface area (Å²) in [6, 6.07) is 11.4. The number of hydrogen-bond donors (Lipinski definition) is 0. The van der Waals surface area contributed by atoms with Crippen LogP contribution in [0, 0.1) is 83.4 Å². The molecule has 0 unspecified atom stereocenters. The number of ether oxygens (including phenoxy) is 1. The molecule has 18 rings (SSSR count). The highest BCUT2D eigenvalue weighted by atomic mass is 16.5. The predicted octanol–water partition coefficient (Wildman–Crippen LogP) is 13.3. The molecule has 16 fully saturated rings. The molecular weight excluding hydrogens is 665 g/mol. The molecule has 0 spiro atoms. The van der Waals surface area contributed by atoms with Crippen LogP contribution >= 0.6 is 0 Å². The summed E-state index contributed by atoms with van der Waals surface area (Å²) in [4.78, 5) is 0. The van der Waals surface area contributed by atoms with Crippen LogP contribution in [0.25, 0.3) is 0 Å². The lowest BCUT2D eigenvalue weighted by molar-refractivity contribution is -0.0293. The van der Waals surface area contributed by atoms with E-state index in [2.05, 4.69) is 41.8 Å². The summed E-state index contributed by atoms with van der Waals surface area (Å²) in [5.41, 5.74) is 9.97. The second-order valence-corrected chi connectivity index (χ2v) is 24.6. The van der Waals surface area contributed by atoms with Crippen LogP contribution in [0.4, 0.5) is 0 Å². The molecule has 0 saturated heterocycles. The van der Waals surface area contributed by atoms with Crippen molar-refractivity contribution in [3.63, 3.8) is 0 Å². The molecule has 0 aromatic heterocycles. The van der Waals surface area contributed by atoms with Crippen molar-refractivity contribution in [2.75, 3.05) is 0 Å². The number of benzene rings is 2. The number of rotatable bonds is 6. The lowest BCUT2D eigenvalue weighted by Gasteiger charge is -2.65. The molecule has 0 N–H and O–H groups in total. The largest absolute Gasteiger partial charge is 0.456 e. The van der Waals surface area contributed by atoms with Gasteiger partial charge in [-0.25, -0.2) is 0 Å². The van der Waals surface area contributed by atoms with Gasteiger partial charge in [0, 0.05) is 11.0 Å². The molecule has 1 heteroatoms. The minimum absolute atomic E-state index is 0.267. The van der Waals surface area contributed by atoms with Crippen LogP contribution in [-0.4, -0.2) is 0 Å². The van der Waals surface area contributed by atoms with Gasteiger partial charge < -0.3 is 4.74 Å². The Hall–Kier alpha value is -2.20. The third kappa shape index (κ3) is 4.62. The van der Waals surface area contributed by atoms with Gasteiger partial charge >= 0.3 is 0 Å². The second kappa shape index (κ2) is 11.1. The highest BCUT2D eigenvalue weighted by Gasteiger charge is 2.63. The van der Waals surface area contributed by atoms with E-state index in [0.29, 0.717) is 16.2 Å². The molecule has 2 aromatic rings. The number of hydrogen-bond acceptors (Lipinski definition) is 1. The molecule has 0 aliphatic heterocycles. The molecule has 2 aromatic carbocycles. The van der Waals surface area contributed by atoms with Crippen molar-refractivity contribution >= 4 is 0 Å². The minimum Gasteiger partial charge on any atom is -0.456 e. The van der Waals surface area contributed by atoms with Crippen molar-refractivity contribution < 1.29 is 4.74 Å². The Bertz CT molecular complexity index is 1860. The van der Waals surface area contributed by atoms with Gasteiger partial charge in [0.2, 0.25) is 0 Å². The molecular formula is C54H65O. The van der Waals surface area contributed by atoms with Crippen LogP contribution in [0.1, 0.15) is 182 Å². The summed E-state index contributed by atoms with van der Waals surface area (Å²) in [5, 5.41) is 0. The normalized spacial score (nSPS) is 51.3. The summed E-state index contributed by atoms with van der Waals surface area (Å²) in [6.07, 6.45) is 44.3. The summed E-state index contributed by atoms with van der Waals surface area (Å²) in [5.74, 6) is 16.3. The Morgan fingerprint density at radius 3 is 1.11 bits per heavy atom. The molecule has 16 aliphatic rings. The van der Waals surface area contributed by atoms with Gasteiger partial charge in [0.15, 0.2) is 0 Å². The van der Waals surface area contributed by atoms with E-state index in [9.17, 15) is 0 Å². The zero-order valence-electron chi connectivity index (χ0n) is 33.7. The van der Waals surface area contributed by atoms with E-state index in [-0.39, 0.29) is 5.41 Å². The first-order valence-corrected chi connectivity index (χ1v) is 24.3. The molecule has 0 atom stereocenters. The maximum Gasteiger partial charge on any atom is 0.143 e. The highest BCUT2D eigenvalue weighted by Crippen LogP contribution is 2.73. The smallest absolute Gasteiger partial charge is 0.143 e. The lowest BCUT2D eigenvalue weighted by atomic mass is 9.39. The van der Waals surface area contributed by atoms with Gasteiger partial charge in [-0.3, -0.25) is 0 Å². The van der Waals surface area contributed by atoms with Crippen LogP contribution in [0.3, 0.4) is 0 Å². The first kappa shape index (κ1) is 32.7. The quantitative estimate of drug-likeness (QED) is 0.269. The SMILES string of the molecule is [C]#Cc1ccccc1Oc1cc(C23CC4CC(CC(C4)C2)C3)c(C23CC4CC(CC(C4)C2)C3)c(C23CC4CC(CC(C4)C2)C3)c1C12CC3CC(CC(C3)C1)C2. The van der Waals surface area contributed by atoms with E-state index in [1.807, 2.05) is 16.7 Å². The summed E-state index contributed by atoms with van der Waals surface area (Å²) >= 11 is 0. The predicted molar refractivity (Wildman–Crippen MR) is 219 cm³/mol. The van der Waals surface area contributed by atoms with E-state index in [0.717, 1.165) is 82.3 Å². The monoisotopic (exact) mass is 730 g/mol. The Morgan fingerprint density at radius 1 is 0.400 bits per heavy atom. The highest BCUT2D eigenvalue weighted by molar-refractivity contribution is 5.64. The maximum atomic E-state index is 8.42. The Morgan fingerprint density at radius 2 is 0.727 bits per heavy atom. The maximum absolute atomic E-state index is 8.42. The molecule has 16 aliphatic carbocycles. The Kier molecular flexibility index (Phi) is 6.60. The second-order valence-electron chi connectivity index (χ2n) is 24.6. The van der Waals surface area contributed by atoms with Crippen molar-refractivity contribution in [1.82, 2.24) is 0 Å². The van der Waals surface area contributed by atoms with Crippen LogP contribution in [0.2, 0.25) is 0 Å². The number of para-hydroxylation sites is 1. The standard InChI is InChI=1S/C54H65O/c1-2-44-5-3-4-6-46(44)55-47-19-45(51-20-32-7-33(21-51)9-34(8-32)22-51)48(52-23-35-10-36(24-52)12-37(11-35)25-52)50(54-29-41-16-42(30-54)18-43(17-41)31-54)49(47)53-26-38-13-39(27-53)15-40(14-38)28-53/h3-6,19,32-43H,7-18,20-31H2. The first-order chi connectivity index (χ1) is 26.8. The van der Waals surface area contributed by atoms with Crippen molar-refractivity contribution in [2.45, 2.75) is 176 Å². The Labute approximate surface area is 332 Å². The van der Waals surface area contributed by atoms with E-state index in [1.165, 1.54) is 160 Å². The third-order valence-electron chi connectivity index (χ3n) is 20.8. The van der Waals surface area contributed by atoms with Crippen LogP contribution in [0.5, 0.6) is 11.5 Å². The van der Waals surface area contributed by atoms with Gasteiger partial charge in [-0.15, -0.1) is 0 Å². The van der Waals surface area contributed by atoms with Gasteiger partial charge in [0.25, 0.3) is 0 Å². The zero-order chi connectivity index (χ0) is 35.9. The first-order valence-electron chi connectivity index (χ1n) is 24.3. The van der Waals surface area contributed by atoms with Crippen molar-refractivity contribution in [3.8, 4) is 17.4 Å². The lowest BCUT2D eigenvalue weighted by Crippen LogP contribution is -2.56. The van der Waals surface area contributed by atoms with Gasteiger partial charge in [-0.1, -0.05) is 12.1 Å². The molecule has 0 amide bonds. The fourth-order valence-electron chi connectivity index (χ4n) is 21.2. The molecule has 16 saturated carbocycles. The van der Waals surface area contributed by atoms with Gasteiger partial charge in [-0.2, -0.15) is 0 Å². The third-order valence-corrected chi connectivity index (χ3v) is 20.8. The summed E-state index contributed by atoms with van der Waals surface area (Å²) in [7, 11) is 0. The topological polar surface area (TPSA) is 9.23 Å².